The zero-order valence-electron chi connectivity index (χ0n) is 12.3. The van der Waals surface area contributed by atoms with Crippen molar-refractivity contribution in [1.29, 1.82) is 0 Å². The van der Waals surface area contributed by atoms with Gasteiger partial charge in [0.05, 0.1) is 10.6 Å². The van der Waals surface area contributed by atoms with Gasteiger partial charge in [-0.25, -0.2) is 0 Å². The first-order chi connectivity index (χ1) is 10.4. The fourth-order valence-electron chi connectivity index (χ4n) is 1.96. The van der Waals surface area contributed by atoms with Gasteiger partial charge in [0.15, 0.2) is 6.61 Å². The molecule has 0 saturated carbocycles. The van der Waals surface area contributed by atoms with Crippen molar-refractivity contribution in [3.63, 3.8) is 0 Å². The highest BCUT2D eigenvalue weighted by atomic mass is 35.5. The van der Waals surface area contributed by atoms with E-state index in [4.69, 9.17) is 27.9 Å². The molecule has 1 amide bonds. The molecular formula is C16H16Cl2N2O2. The van der Waals surface area contributed by atoms with Gasteiger partial charge in [0.25, 0.3) is 5.91 Å². The van der Waals surface area contributed by atoms with Crippen molar-refractivity contribution >= 4 is 29.1 Å². The second-order valence-corrected chi connectivity index (χ2v) is 6.12. The van der Waals surface area contributed by atoms with Crippen molar-refractivity contribution in [2.24, 2.45) is 0 Å². The molecule has 0 aliphatic carbocycles. The third-order valence-corrected chi connectivity index (χ3v) is 3.64. The van der Waals surface area contributed by atoms with E-state index in [0.29, 0.717) is 15.8 Å². The van der Waals surface area contributed by atoms with Crippen LogP contribution in [0.2, 0.25) is 10.0 Å². The van der Waals surface area contributed by atoms with E-state index in [0.717, 1.165) is 5.56 Å². The normalized spacial score (nSPS) is 11.1. The van der Waals surface area contributed by atoms with Crippen LogP contribution in [0.3, 0.4) is 0 Å². The minimum Gasteiger partial charge on any atom is -0.482 e. The van der Waals surface area contributed by atoms with E-state index < -0.39 is 5.54 Å². The SMILES string of the molecule is CC(C)(NC(=O)COc1ccc(Cl)cc1Cl)c1ccncc1. The van der Waals surface area contributed by atoms with Gasteiger partial charge in [0, 0.05) is 17.4 Å². The van der Waals surface area contributed by atoms with Crippen LogP contribution in [0.5, 0.6) is 5.75 Å². The molecule has 0 radical (unpaired) electrons. The number of carbonyl (C=O) groups is 1. The lowest BCUT2D eigenvalue weighted by molar-refractivity contribution is -0.124. The van der Waals surface area contributed by atoms with E-state index in [9.17, 15) is 4.79 Å². The second kappa shape index (κ2) is 6.99. The van der Waals surface area contributed by atoms with E-state index in [1.54, 1.807) is 30.6 Å². The number of rotatable bonds is 5. The monoisotopic (exact) mass is 338 g/mol. The first-order valence-electron chi connectivity index (χ1n) is 6.68. The Balaban J connectivity index is 1.95. The summed E-state index contributed by atoms with van der Waals surface area (Å²) in [5.74, 6) is 0.177. The molecule has 2 aromatic rings. The first kappa shape index (κ1) is 16.6. The van der Waals surface area contributed by atoms with Gasteiger partial charge in [-0.3, -0.25) is 9.78 Å². The highest BCUT2D eigenvalue weighted by Gasteiger charge is 2.22. The number of nitrogens with one attached hydrogen (secondary N) is 1. The molecular weight excluding hydrogens is 323 g/mol. The molecule has 0 fully saturated rings. The van der Waals surface area contributed by atoms with Crippen molar-refractivity contribution in [2.75, 3.05) is 6.61 Å². The molecule has 0 aliphatic heterocycles. The van der Waals surface area contributed by atoms with Crippen LogP contribution in [0.25, 0.3) is 0 Å². The van der Waals surface area contributed by atoms with Crippen molar-refractivity contribution in [1.82, 2.24) is 10.3 Å². The Morgan fingerprint density at radius 2 is 1.91 bits per heavy atom. The largest absolute Gasteiger partial charge is 0.482 e. The van der Waals surface area contributed by atoms with E-state index in [1.807, 2.05) is 26.0 Å². The number of halogens is 2. The van der Waals surface area contributed by atoms with E-state index in [-0.39, 0.29) is 12.5 Å². The van der Waals surface area contributed by atoms with Crippen LogP contribution in [0, 0.1) is 0 Å². The summed E-state index contributed by atoms with van der Waals surface area (Å²) in [7, 11) is 0. The van der Waals surface area contributed by atoms with E-state index in [1.165, 1.54) is 0 Å². The Kier molecular flexibility index (Phi) is 5.27. The molecule has 22 heavy (non-hydrogen) atoms. The summed E-state index contributed by atoms with van der Waals surface area (Å²) in [5.41, 5.74) is 0.438. The van der Waals surface area contributed by atoms with Crippen molar-refractivity contribution < 1.29 is 9.53 Å². The van der Waals surface area contributed by atoms with Gasteiger partial charge in [-0.1, -0.05) is 23.2 Å². The first-order valence-corrected chi connectivity index (χ1v) is 7.43. The average molecular weight is 339 g/mol. The zero-order valence-corrected chi connectivity index (χ0v) is 13.8. The number of pyridine rings is 1. The Morgan fingerprint density at radius 1 is 1.23 bits per heavy atom. The van der Waals surface area contributed by atoms with Crippen LogP contribution < -0.4 is 10.1 Å². The molecule has 0 saturated heterocycles. The molecule has 1 aromatic carbocycles. The van der Waals surface area contributed by atoms with E-state index in [2.05, 4.69) is 10.3 Å². The predicted octanol–water partition coefficient (Wildman–Crippen LogP) is 3.82. The Labute approximate surface area is 139 Å². The third-order valence-electron chi connectivity index (χ3n) is 3.11. The Hall–Kier alpha value is -1.78. The summed E-state index contributed by atoms with van der Waals surface area (Å²) < 4.78 is 5.42. The maximum atomic E-state index is 12.1. The number of carbonyl (C=O) groups excluding carboxylic acids is 1. The Bertz CT molecular complexity index is 660. The van der Waals surface area contributed by atoms with Crippen molar-refractivity contribution in [3.8, 4) is 5.75 Å². The zero-order chi connectivity index (χ0) is 16.2. The number of hydrogen-bond donors (Lipinski definition) is 1. The highest BCUT2D eigenvalue weighted by molar-refractivity contribution is 6.35. The van der Waals surface area contributed by atoms with Gasteiger partial charge in [-0.2, -0.15) is 0 Å². The average Bonchev–Trinajstić information content (AvgIpc) is 2.47. The maximum Gasteiger partial charge on any atom is 0.258 e. The Morgan fingerprint density at radius 3 is 2.55 bits per heavy atom. The number of nitrogens with zero attached hydrogens (tertiary/aromatic N) is 1. The maximum absolute atomic E-state index is 12.1. The van der Waals surface area contributed by atoms with E-state index >= 15 is 0 Å². The predicted molar refractivity (Wildman–Crippen MR) is 87.4 cm³/mol. The number of hydrogen-bond acceptors (Lipinski definition) is 3. The lowest BCUT2D eigenvalue weighted by Crippen LogP contribution is -2.43. The van der Waals surface area contributed by atoms with Gasteiger partial charge in [-0.15, -0.1) is 0 Å². The molecule has 0 bridgehead atoms. The van der Waals surface area contributed by atoms with Crippen molar-refractivity contribution in [3.05, 3.63) is 58.3 Å². The minimum absolute atomic E-state index is 0.129. The van der Waals surface area contributed by atoms with Crippen molar-refractivity contribution in [2.45, 2.75) is 19.4 Å². The van der Waals surface area contributed by atoms with Gasteiger partial charge >= 0.3 is 0 Å². The van der Waals surface area contributed by atoms with Crippen LogP contribution in [0.15, 0.2) is 42.7 Å². The summed E-state index contributed by atoms with van der Waals surface area (Å²) >= 11 is 11.8. The number of amides is 1. The second-order valence-electron chi connectivity index (χ2n) is 5.27. The fourth-order valence-corrected chi connectivity index (χ4v) is 2.42. The highest BCUT2D eigenvalue weighted by Crippen LogP contribution is 2.27. The molecule has 0 atom stereocenters. The quantitative estimate of drug-likeness (QED) is 0.901. The molecule has 4 nitrogen and oxygen atoms in total. The number of ether oxygens (including phenoxy) is 1. The molecule has 0 spiro atoms. The summed E-state index contributed by atoms with van der Waals surface area (Å²) in [5, 5.41) is 3.80. The molecule has 1 aromatic heterocycles. The van der Waals surface area contributed by atoms with Gasteiger partial charge < -0.3 is 10.1 Å². The third kappa shape index (κ3) is 4.36. The smallest absolute Gasteiger partial charge is 0.258 e. The fraction of sp³-hybridized carbons (Fsp3) is 0.250. The van der Waals surface area contributed by atoms with Gasteiger partial charge in [-0.05, 0) is 49.7 Å². The number of benzene rings is 1. The van der Waals surface area contributed by atoms with Gasteiger partial charge in [0.1, 0.15) is 5.75 Å². The van der Waals surface area contributed by atoms with Crippen LogP contribution in [-0.2, 0) is 10.3 Å². The topological polar surface area (TPSA) is 51.2 Å². The number of aromatic nitrogens is 1. The molecule has 1 N–H and O–H groups in total. The summed E-state index contributed by atoms with van der Waals surface area (Å²) in [4.78, 5) is 16.0. The summed E-state index contributed by atoms with van der Waals surface area (Å²) in [6.07, 6.45) is 3.38. The van der Waals surface area contributed by atoms with Crippen LogP contribution in [0.4, 0.5) is 0 Å². The molecule has 6 heteroatoms. The van der Waals surface area contributed by atoms with Crippen LogP contribution in [0.1, 0.15) is 19.4 Å². The molecule has 1 heterocycles. The lowest BCUT2D eigenvalue weighted by atomic mass is 9.95. The molecule has 2 rings (SSSR count). The van der Waals surface area contributed by atoms with Crippen LogP contribution in [-0.4, -0.2) is 17.5 Å². The minimum atomic E-state index is -0.521. The summed E-state index contributed by atoms with van der Waals surface area (Å²) in [6, 6.07) is 8.57. The molecule has 0 aliphatic rings. The van der Waals surface area contributed by atoms with Gasteiger partial charge in [0.2, 0.25) is 0 Å². The lowest BCUT2D eigenvalue weighted by Gasteiger charge is -2.26. The summed E-state index contributed by atoms with van der Waals surface area (Å²) in [6.45, 7) is 3.70. The standard InChI is InChI=1S/C16H16Cl2N2O2/c1-16(2,11-5-7-19-8-6-11)20-15(21)10-22-14-4-3-12(17)9-13(14)18/h3-9H,10H2,1-2H3,(H,20,21). The van der Waals surface area contributed by atoms with Crippen LogP contribution >= 0.6 is 23.2 Å². The molecule has 116 valence electrons. The molecule has 0 unspecified atom stereocenters.